The zero-order chi connectivity index (χ0) is 11.5. The molecule has 2 N–H and O–H groups in total. The maximum absolute atomic E-state index is 6.01. The van der Waals surface area contributed by atoms with E-state index in [-0.39, 0.29) is 18.2 Å². The van der Waals surface area contributed by atoms with Crippen LogP contribution in [0.3, 0.4) is 0 Å². The van der Waals surface area contributed by atoms with Crippen molar-refractivity contribution in [3.63, 3.8) is 0 Å². The first-order valence-corrected chi connectivity index (χ1v) is 7.02. The van der Waals surface area contributed by atoms with Gasteiger partial charge in [-0.15, -0.1) is 11.3 Å². The summed E-state index contributed by atoms with van der Waals surface area (Å²) in [7, 11) is 0. The zero-order valence-corrected chi connectivity index (χ0v) is 11.6. The molecule has 0 bridgehead atoms. The van der Waals surface area contributed by atoms with E-state index in [1.807, 2.05) is 13.0 Å². The van der Waals surface area contributed by atoms with Gasteiger partial charge in [-0.1, -0.05) is 0 Å². The summed E-state index contributed by atoms with van der Waals surface area (Å²) in [5.41, 5.74) is 5.98. The second kappa shape index (κ2) is 5.60. The lowest BCUT2D eigenvalue weighted by Crippen LogP contribution is -2.30. The minimum absolute atomic E-state index is 0.00819. The zero-order valence-electron chi connectivity index (χ0n) is 9.19. The molecule has 90 valence electrons. The summed E-state index contributed by atoms with van der Waals surface area (Å²) >= 11 is 5.14. The van der Waals surface area contributed by atoms with Crippen molar-refractivity contribution in [3.05, 3.63) is 20.8 Å². The molecule has 3 unspecified atom stereocenters. The van der Waals surface area contributed by atoms with Crippen LogP contribution in [-0.2, 0) is 9.47 Å². The van der Waals surface area contributed by atoms with Gasteiger partial charge in [0.15, 0.2) is 0 Å². The van der Waals surface area contributed by atoms with E-state index in [1.165, 1.54) is 4.88 Å². The molecule has 16 heavy (non-hydrogen) atoms. The third-order valence-electron chi connectivity index (χ3n) is 2.58. The number of rotatable bonds is 4. The second-order valence-corrected chi connectivity index (χ2v) is 6.54. The first-order chi connectivity index (χ1) is 7.66. The maximum Gasteiger partial charge on any atom is 0.107 e. The Morgan fingerprint density at radius 2 is 2.44 bits per heavy atom. The molecule has 5 heteroatoms. The molecule has 1 fully saturated rings. The highest BCUT2D eigenvalue weighted by atomic mass is 79.9. The van der Waals surface area contributed by atoms with Crippen LogP contribution in [0.15, 0.2) is 15.9 Å². The highest BCUT2D eigenvalue weighted by molar-refractivity contribution is 9.11. The summed E-state index contributed by atoms with van der Waals surface area (Å²) in [5, 5.41) is 0. The van der Waals surface area contributed by atoms with Crippen LogP contribution in [-0.4, -0.2) is 25.4 Å². The van der Waals surface area contributed by atoms with Crippen LogP contribution in [0.4, 0.5) is 0 Å². The van der Waals surface area contributed by atoms with Crippen molar-refractivity contribution in [2.24, 2.45) is 5.73 Å². The van der Waals surface area contributed by atoms with Crippen molar-refractivity contribution < 1.29 is 9.47 Å². The van der Waals surface area contributed by atoms with Gasteiger partial charge in [0.1, 0.15) is 6.10 Å². The van der Waals surface area contributed by atoms with Crippen LogP contribution in [0.2, 0.25) is 0 Å². The van der Waals surface area contributed by atoms with E-state index in [4.69, 9.17) is 15.2 Å². The SMILES string of the molecule is CC(N)C(OC1CCOC1)c1ccc(Br)s1. The van der Waals surface area contributed by atoms with Gasteiger partial charge in [0, 0.05) is 17.5 Å². The van der Waals surface area contributed by atoms with Crippen molar-refractivity contribution in [3.8, 4) is 0 Å². The first kappa shape index (κ1) is 12.5. The Kier molecular flexibility index (Phi) is 4.38. The molecule has 0 aliphatic carbocycles. The smallest absolute Gasteiger partial charge is 0.107 e. The van der Waals surface area contributed by atoms with Crippen LogP contribution < -0.4 is 5.73 Å². The van der Waals surface area contributed by atoms with E-state index in [0.717, 1.165) is 16.8 Å². The molecule has 0 amide bonds. The van der Waals surface area contributed by atoms with Gasteiger partial charge in [0.2, 0.25) is 0 Å². The lowest BCUT2D eigenvalue weighted by Gasteiger charge is -2.23. The summed E-state index contributed by atoms with van der Waals surface area (Å²) in [4.78, 5) is 1.17. The molecule has 1 aromatic rings. The van der Waals surface area contributed by atoms with Crippen LogP contribution >= 0.6 is 27.3 Å². The van der Waals surface area contributed by atoms with Gasteiger partial charge in [0.05, 0.1) is 16.5 Å². The minimum Gasteiger partial charge on any atom is -0.379 e. The molecule has 2 heterocycles. The lowest BCUT2D eigenvalue weighted by molar-refractivity contribution is -0.0251. The van der Waals surface area contributed by atoms with Crippen molar-refractivity contribution in [2.75, 3.05) is 13.2 Å². The van der Waals surface area contributed by atoms with E-state index in [1.54, 1.807) is 11.3 Å². The summed E-state index contributed by atoms with van der Waals surface area (Å²) < 4.78 is 12.4. The number of nitrogens with two attached hydrogens (primary N) is 1. The molecular weight excluding hydrogens is 290 g/mol. The predicted molar refractivity (Wildman–Crippen MR) is 68.7 cm³/mol. The number of ether oxygens (including phenoxy) is 2. The van der Waals surface area contributed by atoms with Crippen LogP contribution in [0.1, 0.15) is 24.3 Å². The van der Waals surface area contributed by atoms with Crippen LogP contribution in [0, 0.1) is 0 Å². The Morgan fingerprint density at radius 3 is 2.94 bits per heavy atom. The van der Waals surface area contributed by atoms with Crippen molar-refractivity contribution in [2.45, 2.75) is 31.6 Å². The number of hydrogen-bond acceptors (Lipinski definition) is 4. The Morgan fingerprint density at radius 1 is 1.62 bits per heavy atom. The molecule has 1 aromatic heterocycles. The summed E-state index contributed by atoms with van der Waals surface area (Å²) in [6.45, 7) is 3.47. The number of thiophene rings is 1. The molecule has 3 nitrogen and oxygen atoms in total. The Balaban J connectivity index is 2.04. The highest BCUT2D eigenvalue weighted by Crippen LogP contribution is 2.32. The van der Waals surface area contributed by atoms with Crippen molar-refractivity contribution in [1.29, 1.82) is 0 Å². The molecular formula is C11H16BrNO2S. The highest BCUT2D eigenvalue weighted by Gasteiger charge is 2.25. The fourth-order valence-electron chi connectivity index (χ4n) is 1.76. The molecule has 3 atom stereocenters. The third kappa shape index (κ3) is 3.05. The van der Waals surface area contributed by atoms with Crippen LogP contribution in [0.5, 0.6) is 0 Å². The molecule has 0 saturated carbocycles. The van der Waals surface area contributed by atoms with Gasteiger partial charge < -0.3 is 15.2 Å². The monoisotopic (exact) mass is 305 g/mol. The van der Waals surface area contributed by atoms with Gasteiger partial charge >= 0.3 is 0 Å². The fourth-order valence-corrected chi connectivity index (χ4v) is 3.34. The predicted octanol–water partition coefficient (Wildman–Crippen LogP) is 2.70. The average Bonchev–Trinajstić information content (AvgIpc) is 2.84. The van der Waals surface area contributed by atoms with Gasteiger partial charge in [-0.25, -0.2) is 0 Å². The Hall–Kier alpha value is 0.0600. The van der Waals surface area contributed by atoms with Gasteiger partial charge in [-0.3, -0.25) is 0 Å². The van der Waals surface area contributed by atoms with E-state index in [2.05, 4.69) is 22.0 Å². The van der Waals surface area contributed by atoms with Crippen molar-refractivity contribution in [1.82, 2.24) is 0 Å². The summed E-state index contributed by atoms with van der Waals surface area (Å²) in [5.74, 6) is 0. The molecule has 1 saturated heterocycles. The summed E-state index contributed by atoms with van der Waals surface area (Å²) in [6.07, 6.45) is 1.13. The molecule has 1 aliphatic rings. The molecule has 0 spiro atoms. The number of halogens is 1. The standard InChI is InChI=1S/C11H16BrNO2S/c1-7(13)11(9-2-3-10(12)16-9)15-8-4-5-14-6-8/h2-3,7-8,11H,4-6,13H2,1H3. The Labute approximate surface area is 108 Å². The lowest BCUT2D eigenvalue weighted by atomic mass is 10.1. The van der Waals surface area contributed by atoms with E-state index in [9.17, 15) is 0 Å². The van der Waals surface area contributed by atoms with Gasteiger partial charge in [-0.2, -0.15) is 0 Å². The van der Waals surface area contributed by atoms with E-state index >= 15 is 0 Å². The fraction of sp³-hybridized carbons (Fsp3) is 0.636. The minimum atomic E-state index is -0.0250. The third-order valence-corrected chi connectivity index (χ3v) is 4.26. The van der Waals surface area contributed by atoms with Crippen LogP contribution in [0.25, 0.3) is 0 Å². The molecule has 0 aromatic carbocycles. The number of hydrogen-bond donors (Lipinski definition) is 1. The summed E-state index contributed by atoms with van der Waals surface area (Å²) in [6, 6.07) is 4.09. The van der Waals surface area contributed by atoms with Gasteiger partial charge in [-0.05, 0) is 41.4 Å². The van der Waals surface area contributed by atoms with E-state index < -0.39 is 0 Å². The molecule has 1 aliphatic heterocycles. The quantitative estimate of drug-likeness (QED) is 0.930. The molecule has 2 rings (SSSR count). The van der Waals surface area contributed by atoms with Crippen molar-refractivity contribution >= 4 is 27.3 Å². The maximum atomic E-state index is 6.01. The second-order valence-electron chi connectivity index (χ2n) is 4.04. The molecule has 0 radical (unpaired) electrons. The van der Waals surface area contributed by atoms with E-state index in [0.29, 0.717) is 6.61 Å². The normalized spacial score (nSPS) is 24.6. The van der Waals surface area contributed by atoms with Gasteiger partial charge in [0.25, 0.3) is 0 Å². The Bertz CT molecular complexity index is 336. The largest absolute Gasteiger partial charge is 0.379 e. The first-order valence-electron chi connectivity index (χ1n) is 5.41. The average molecular weight is 306 g/mol. The topological polar surface area (TPSA) is 44.5 Å².